The summed E-state index contributed by atoms with van der Waals surface area (Å²) in [5.74, 6) is 1.75. The lowest BCUT2D eigenvalue weighted by Crippen LogP contribution is -2.27. The third-order valence-corrected chi connectivity index (χ3v) is 5.32. The number of fused-ring (bicyclic) bond motifs is 1. The van der Waals surface area contributed by atoms with Crippen molar-refractivity contribution in [3.63, 3.8) is 0 Å². The molecule has 0 aromatic heterocycles. The molecular weight excluding hydrogens is 359 g/mol. The van der Waals surface area contributed by atoms with Gasteiger partial charge in [0.15, 0.2) is 0 Å². The van der Waals surface area contributed by atoms with E-state index in [4.69, 9.17) is 18.9 Å². The highest BCUT2D eigenvalue weighted by Crippen LogP contribution is 2.32. The van der Waals surface area contributed by atoms with E-state index in [0.717, 1.165) is 23.9 Å². The second-order valence-electron chi connectivity index (χ2n) is 7.24. The van der Waals surface area contributed by atoms with Gasteiger partial charge in [-0.15, -0.1) is 0 Å². The van der Waals surface area contributed by atoms with E-state index in [1.807, 2.05) is 6.07 Å². The van der Waals surface area contributed by atoms with Crippen LogP contribution in [-0.2, 0) is 16.0 Å². The molecule has 2 aromatic rings. The van der Waals surface area contributed by atoms with E-state index in [2.05, 4.69) is 0 Å². The summed E-state index contributed by atoms with van der Waals surface area (Å²) in [6.07, 6.45) is 4.79. The van der Waals surface area contributed by atoms with Gasteiger partial charge >= 0.3 is 13.1 Å². The van der Waals surface area contributed by atoms with Crippen molar-refractivity contribution in [1.29, 1.82) is 0 Å². The third kappa shape index (κ3) is 4.00. The predicted molar refractivity (Wildman–Crippen MR) is 104 cm³/mol. The Morgan fingerprint density at radius 3 is 2.71 bits per heavy atom. The van der Waals surface area contributed by atoms with Gasteiger partial charge in [0.2, 0.25) is 0 Å². The zero-order valence-corrected chi connectivity index (χ0v) is 15.8. The average molecular weight is 382 g/mol. The minimum absolute atomic E-state index is 0.352. The maximum atomic E-state index is 12.1. The summed E-state index contributed by atoms with van der Waals surface area (Å²) >= 11 is 0. The van der Waals surface area contributed by atoms with E-state index in [9.17, 15) is 9.82 Å². The molecule has 0 radical (unpaired) electrons. The summed E-state index contributed by atoms with van der Waals surface area (Å²) in [6.45, 7) is 0.937. The molecule has 0 spiro atoms. The van der Waals surface area contributed by atoms with E-state index in [-0.39, 0.29) is 0 Å². The fraction of sp³-hybridized carbons (Fsp3) is 0.381. The quantitative estimate of drug-likeness (QED) is 0.612. The number of carbonyl (C=O) groups is 1. The number of hydrogen-bond acceptors (Lipinski definition) is 6. The van der Waals surface area contributed by atoms with E-state index in [0.29, 0.717) is 41.9 Å². The lowest BCUT2D eigenvalue weighted by atomic mass is 9.80. The molecule has 6 nitrogen and oxygen atoms in total. The van der Waals surface area contributed by atoms with E-state index in [1.165, 1.54) is 20.0 Å². The van der Waals surface area contributed by atoms with Crippen LogP contribution in [0, 0.1) is 5.92 Å². The first-order valence-corrected chi connectivity index (χ1v) is 9.59. The van der Waals surface area contributed by atoms with Gasteiger partial charge in [0.05, 0.1) is 20.3 Å². The normalized spacial score (nSPS) is 16.1. The molecule has 1 saturated carbocycles. The Morgan fingerprint density at radius 2 is 1.93 bits per heavy atom. The van der Waals surface area contributed by atoms with Gasteiger partial charge in [-0.3, -0.25) is 0 Å². The van der Waals surface area contributed by atoms with Crippen molar-refractivity contribution in [2.45, 2.75) is 32.3 Å². The van der Waals surface area contributed by atoms with Crippen LogP contribution in [0.1, 0.15) is 41.6 Å². The maximum absolute atomic E-state index is 12.1. The highest BCUT2D eigenvalue weighted by molar-refractivity contribution is 6.61. The van der Waals surface area contributed by atoms with Crippen molar-refractivity contribution in [2.75, 3.05) is 13.7 Å². The monoisotopic (exact) mass is 382 g/mol. The minimum atomic E-state index is -0.876. The summed E-state index contributed by atoms with van der Waals surface area (Å²) in [4.78, 5) is 12.1. The summed E-state index contributed by atoms with van der Waals surface area (Å²) in [5.41, 5.74) is 2.04. The second-order valence-corrected chi connectivity index (χ2v) is 7.24. The van der Waals surface area contributed by atoms with Gasteiger partial charge in [0, 0.05) is 6.07 Å². The zero-order valence-electron chi connectivity index (χ0n) is 15.8. The molecule has 0 amide bonds. The molecule has 7 heteroatoms. The van der Waals surface area contributed by atoms with E-state index >= 15 is 0 Å². The topological polar surface area (TPSA) is 74.2 Å². The van der Waals surface area contributed by atoms with Crippen LogP contribution >= 0.6 is 0 Å². The number of carbonyl (C=O) groups excluding carboxylic acids is 1. The molecule has 2 aliphatic rings. The average Bonchev–Trinajstić information content (AvgIpc) is 3.36. The van der Waals surface area contributed by atoms with Gasteiger partial charge in [-0.25, -0.2) is 4.79 Å². The van der Waals surface area contributed by atoms with Crippen molar-refractivity contribution in [3.8, 4) is 17.2 Å². The summed E-state index contributed by atoms with van der Waals surface area (Å²) in [5, 5.41) is 9.73. The van der Waals surface area contributed by atoms with Crippen LogP contribution in [0.4, 0.5) is 0 Å². The SMILES string of the molecule is COC(=O)c1ccc(Oc2ccc3c(c2)COB3O)cc1OCC1CCCC1. The highest BCUT2D eigenvalue weighted by Gasteiger charge is 2.27. The van der Waals surface area contributed by atoms with Crippen molar-refractivity contribution >= 4 is 18.6 Å². The fourth-order valence-corrected chi connectivity index (χ4v) is 3.75. The number of hydrogen-bond donors (Lipinski definition) is 1. The van der Waals surface area contributed by atoms with Crippen LogP contribution in [0.25, 0.3) is 0 Å². The fourth-order valence-electron chi connectivity index (χ4n) is 3.75. The van der Waals surface area contributed by atoms with Crippen LogP contribution < -0.4 is 14.9 Å². The first-order chi connectivity index (χ1) is 13.6. The molecule has 1 aliphatic carbocycles. The Bertz CT molecular complexity index is 862. The molecule has 1 fully saturated rings. The summed E-state index contributed by atoms with van der Waals surface area (Å²) in [6, 6.07) is 10.5. The van der Waals surface area contributed by atoms with Crippen molar-refractivity contribution < 1.29 is 28.7 Å². The number of benzene rings is 2. The molecule has 0 atom stereocenters. The van der Waals surface area contributed by atoms with Crippen LogP contribution in [0.15, 0.2) is 36.4 Å². The van der Waals surface area contributed by atoms with Crippen LogP contribution in [-0.4, -0.2) is 31.8 Å². The largest absolute Gasteiger partial charge is 0.492 e. The molecule has 1 heterocycles. The van der Waals surface area contributed by atoms with Gasteiger partial charge in [0.25, 0.3) is 0 Å². The summed E-state index contributed by atoms with van der Waals surface area (Å²) < 4.78 is 22.0. The maximum Gasteiger partial charge on any atom is 0.491 e. The molecule has 0 bridgehead atoms. The molecule has 1 N–H and O–H groups in total. The molecule has 0 saturated heterocycles. The molecule has 4 rings (SSSR count). The molecule has 2 aromatic carbocycles. The summed E-state index contributed by atoms with van der Waals surface area (Å²) in [7, 11) is 0.480. The van der Waals surface area contributed by atoms with Crippen LogP contribution in [0.5, 0.6) is 17.2 Å². The lowest BCUT2D eigenvalue weighted by Gasteiger charge is -2.15. The Hall–Kier alpha value is -2.51. The van der Waals surface area contributed by atoms with Gasteiger partial charge in [-0.05, 0) is 54.1 Å². The van der Waals surface area contributed by atoms with Crippen molar-refractivity contribution in [2.24, 2.45) is 5.92 Å². The van der Waals surface area contributed by atoms with Gasteiger partial charge in [-0.1, -0.05) is 18.9 Å². The smallest absolute Gasteiger partial charge is 0.491 e. The third-order valence-electron chi connectivity index (χ3n) is 5.32. The number of ether oxygens (including phenoxy) is 3. The molecule has 1 aliphatic heterocycles. The van der Waals surface area contributed by atoms with E-state index in [1.54, 1.807) is 30.3 Å². The number of methoxy groups -OCH3 is 1. The number of esters is 1. The van der Waals surface area contributed by atoms with Crippen molar-refractivity contribution in [3.05, 3.63) is 47.5 Å². The minimum Gasteiger partial charge on any atom is -0.492 e. The van der Waals surface area contributed by atoms with Gasteiger partial charge < -0.3 is 23.9 Å². The van der Waals surface area contributed by atoms with Crippen LogP contribution in [0.3, 0.4) is 0 Å². The molecule has 0 unspecified atom stereocenters. The predicted octanol–water partition coefficient (Wildman–Crippen LogP) is 3.05. The highest BCUT2D eigenvalue weighted by atomic mass is 16.5. The Morgan fingerprint density at radius 1 is 1.18 bits per heavy atom. The first-order valence-electron chi connectivity index (χ1n) is 9.59. The van der Waals surface area contributed by atoms with Crippen molar-refractivity contribution in [1.82, 2.24) is 0 Å². The second kappa shape index (κ2) is 8.25. The van der Waals surface area contributed by atoms with E-state index < -0.39 is 13.1 Å². The molecule has 28 heavy (non-hydrogen) atoms. The van der Waals surface area contributed by atoms with Gasteiger partial charge in [0.1, 0.15) is 22.8 Å². The lowest BCUT2D eigenvalue weighted by molar-refractivity contribution is 0.0595. The number of rotatable bonds is 6. The molecular formula is C21H23BO6. The Labute approximate surface area is 164 Å². The first kappa shape index (κ1) is 18.8. The standard InChI is InChI=1S/C21H23BO6/c1-25-21(23)18-8-6-17(11-20(18)26-12-14-4-2-3-5-14)28-16-7-9-19-15(10-16)13-27-22(19)24/h6-11,14,24H,2-5,12-13H2,1H3. The van der Waals surface area contributed by atoms with Crippen LogP contribution in [0.2, 0.25) is 0 Å². The van der Waals surface area contributed by atoms with Gasteiger partial charge in [-0.2, -0.15) is 0 Å². The Balaban J connectivity index is 1.53. The zero-order chi connectivity index (χ0) is 19.5. The molecule has 146 valence electrons. The Kier molecular flexibility index (Phi) is 5.55.